The number of hydrogen-bond acceptors (Lipinski definition) is 4. The summed E-state index contributed by atoms with van der Waals surface area (Å²) in [5, 5.41) is 3.53. The molecule has 196 valence electrons. The van der Waals surface area contributed by atoms with Crippen molar-refractivity contribution in [2.24, 2.45) is 0 Å². The van der Waals surface area contributed by atoms with Crippen molar-refractivity contribution in [3.8, 4) is 0 Å². The van der Waals surface area contributed by atoms with Gasteiger partial charge in [0, 0.05) is 30.6 Å². The third-order valence-electron chi connectivity index (χ3n) is 6.40. The molecule has 1 atom stereocenters. The van der Waals surface area contributed by atoms with Gasteiger partial charge in [-0.3, -0.25) is 13.9 Å². The van der Waals surface area contributed by atoms with Gasteiger partial charge < -0.3 is 10.2 Å². The summed E-state index contributed by atoms with van der Waals surface area (Å²) in [7, 11) is -3.58. The second-order valence-corrected chi connectivity index (χ2v) is 11.6. The molecule has 36 heavy (non-hydrogen) atoms. The summed E-state index contributed by atoms with van der Waals surface area (Å²) in [4.78, 5) is 27.7. The average Bonchev–Trinajstić information content (AvgIpc) is 3.34. The zero-order valence-corrected chi connectivity index (χ0v) is 22.2. The highest BCUT2D eigenvalue weighted by atomic mass is 35.5. The van der Waals surface area contributed by atoms with Gasteiger partial charge in [0.2, 0.25) is 21.8 Å². The predicted octanol–water partition coefficient (Wildman–Crippen LogP) is 4.50. The molecule has 2 aromatic carbocycles. The lowest BCUT2D eigenvalue weighted by molar-refractivity contribution is -0.141. The van der Waals surface area contributed by atoms with Crippen molar-refractivity contribution < 1.29 is 22.4 Å². The highest BCUT2D eigenvalue weighted by molar-refractivity contribution is 7.92. The zero-order valence-electron chi connectivity index (χ0n) is 20.6. The molecule has 0 spiro atoms. The van der Waals surface area contributed by atoms with E-state index in [9.17, 15) is 22.4 Å². The number of amides is 2. The number of halogens is 2. The van der Waals surface area contributed by atoms with Crippen molar-refractivity contribution >= 4 is 39.1 Å². The van der Waals surface area contributed by atoms with Gasteiger partial charge in [-0.25, -0.2) is 12.8 Å². The van der Waals surface area contributed by atoms with Crippen LogP contribution in [0.25, 0.3) is 0 Å². The molecule has 0 bridgehead atoms. The van der Waals surface area contributed by atoms with Gasteiger partial charge in [0.1, 0.15) is 11.9 Å². The molecule has 1 N–H and O–H groups in total. The van der Waals surface area contributed by atoms with E-state index in [2.05, 4.69) is 5.32 Å². The molecule has 7 nitrogen and oxygen atoms in total. The number of benzene rings is 2. The topological polar surface area (TPSA) is 86.8 Å². The lowest BCUT2D eigenvalue weighted by Gasteiger charge is -2.30. The summed E-state index contributed by atoms with van der Waals surface area (Å²) in [6.07, 6.45) is 5.41. The number of hydrogen-bond donors (Lipinski definition) is 1. The fourth-order valence-electron chi connectivity index (χ4n) is 4.37. The maximum atomic E-state index is 13.4. The third-order valence-corrected chi connectivity index (χ3v) is 7.85. The first-order chi connectivity index (χ1) is 17.0. The Bertz CT molecular complexity index is 1140. The molecule has 1 unspecified atom stereocenters. The molecule has 0 saturated heterocycles. The Morgan fingerprint density at radius 1 is 1.08 bits per heavy atom. The van der Waals surface area contributed by atoms with E-state index >= 15 is 0 Å². The van der Waals surface area contributed by atoms with Gasteiger partial charge in [-0.15, -0.1) is 0 Å². The van der Waals surface area contributed by atoms with Gasteiger partial charge in [0.05, 0.1) is 11.9 Å². The normalized spacial score (nSPS) is 14.9. The first kappa shape index (κ1) is 27.9. The summed E-state index contributed by atoms with van der Waals surface area (Å²) in [6.45, 7) is 1.92. The van der Waals surface area contributed by atoms with E-state index in [1.54, 1.807) is 43.3 Å². The van der Waals surface area contributed by atoms with E-state index in [1.165, 1.54) is 21.3 Å². The zero-order chi connectivity index (χ0) is 26.3. The first-order valence-electron chi connectivity index (χ1n) is 12.1. The number of carbonyl (C=O) groups excluding carboxylic acids is 2. The molecular formula is C26H33ClFN3O4S. The molecule has 0 radical (unpaired) electrons. The number of sulfonamides is 1. The second-order valence-electron chi connectivity index (χ2n) is 9.23. The minimum absolute atomic E-state index is 0.0435. The van der Waals surface area contributed by atoms with Crippen LogP contribution in [0.1, 0.15) is 51.0 Å². The average molecular weight is 538 g/mol. The van der Waals surface area contributed by atoms with Crippen LogP contribution in [-0.4, -0.2) is 50.0 Å². The standard InChI is InChI=1S/C26H33ClFN3O4S/c1-19(26(33)29-23-6-3-4-7-23)30(18-20-9-13-22(28)14-10-20)25(32)8-5-17-31(36(2,34)35)24-15-11-21(27)12-16-24/h9-16,19,23H,3-8,17-18H2,1-2H3,(H,29,33). The van der Waals surface area contributed by atoms with E-state index in [1.807, 2.05) is 0 Å². The Labute approximate surface area is 217 Å². The fourth-order valence-corrected chi connectivity index (χ4v) is 5.46. The predicted molar refractivity (Wildman–Crippen MR) is 140 cm³/mol. The molecule has 1 aliphatic rings. The summed E-state index contributed by atoms with van der Waals surface area (Å²) in [6, 6.07) is 11.6. The van der Waals surface area contributed by atoms with Crippen molar-refractivity contribution in [3.63, 3.8) is 0 Å². The summed E-state index contributed by atoms with van der Waals surface area (Å²) in [5.74, 6) is -0.888. The first-order valence-corrected chi connectivity index (χ1v) is 14.3. The Kier molecular flexibility index (Phi) is 9.73. The van der Waals surface area contributed by atoms with Crippen LogP contribution in [0, 0.1) is 5.82 Å². The van der Waals surface area contributed by atoms with Crippen LogP contribution < -0.4 is 9.62 Å². The largest absolute Gasteiger partial charge is 0.352 e. The van der Waals surface area contributed by atoms with E-state index in [0.29, 0.717) is 16.3 Å². The molecule has 2 aromatic rings. The second kappa shape index (κ2) is 12.5. The minimum Gasteiger partial charge on any atom is -0.352 e. The lowest BCUT2D eigenvalue weighted by atomic mass is 10.1. The Hall–Kier alpha value is -2.65. The van der Waals surface area contributed by atoms with Gasteiger partial charge in [-0.1, -0.05) is 36.6 Å². The van der Waals surface area contributed by atoms with Crippen LogP contribution >= 0.6 is 11.6 Å². The SMILES string of the molecule is CC(C(=O)NC1CCCC1)N(Cc1ccc(F)cc1)C(=O)CCCN(c1ccc(Cl)cc1)S(C)(=O)=O. The highest BCUT2D eigenvalue weighted by Gasteiger charge is 2.28. The smallest absolute Gasteiger partial charge is 0.242 e. The number of nitrogens with zero attached hydrogens (tertiary/aromatic N) is 2. The van der Waals surface area contributed by atoms with Gasteiger partial charge in [0.25, 0.3) is 0 Å². The summed E-state index contributed by atoms with van der Waals surface area (Å²) in [5.41, 5.74) is 1.16. The van der Waals surface area contributed by atoms with Gasteiger partial charge >= 0.3 is 0 Å². The van der Waals surface area contributed by atoms with Crippen LogP contribution in [0.4, 0.5) is 10.1 Å². The molecule has 1 fully saturated rings. The van der Waals surface area contributed by atoms with Crippen molar-refractivity contribution in [2.45, 2.75) is 64.1 Å². The quantitative estimate of drug-likeness (QED) is 0.457. The van der Waals surface area contributed by atoms with E-state index in [0.717, 1.165) is 31.9 Å². The Morgan fingerprint density at radius 3 is 2.28 bits per heavy atom. The number of carbonyl (C=O) groups is 2. The van der Waals surface area contributed by atoms with Crippen LogP contribution in [0.15, 0.2) is 48.5 Å². The van der Waals surface area contributed by atoms with Gasteiger partial charge in [-0.2, -0.15) is 0 Å². The lowest BCUT2D eigenvalue weighted by Crippen LogP contribution is -2.49. The van der Waals surface area contributed by atoms with Crippen molar-refractivity contribution in [1.29, 1.82) is 0 Å². The Balaban J connectivity index is 1.70. The van der Waals surface area contributed by atoms with Crippen LogP contribution in [0.3, 0.4) is 0 Å². The summed E-state index contributed by atoms with van der Waals surface area (Å²) < 4.78 is 39.4. The van der Waals surface area contributed by atoms with Crippen molar-refractivity contribution in [2.75, 3.05) is 17.1 Å². The molecule has 0 aliphatic heterocycles. The molecule has 10 heteroatoms. The van der Waals surface area contributed by atoms with Crippen LogP contribution in [0.5, 0.6) is 0 Å². The fraction of sp³-hybridized carbons (Fsp3) is 0.462. The van der Waals surface area contributed by atoms with Crippen LogP contribution in [0.2, 0.25) is 5.02 Å². The Morgan fingerprint density at radius 2 is 1.69 bits per heavy atom. The maximum absolute atomic E-state index is 13.4. The third kappa shape index (κ3) is 7.93. The number of nitrogens with one attached hydrogen (secondary N) is 1. The van der Waals surface area contributed by atoms with E-state index in [4.69, 9.17) is 11.6 Å². The molecule has 0 aromatic heterocycles. The number of rotatable bonds is 11. The summed E-state index contributed by atoms with van der Waals surface area (Å²) >= 11 is 5.92. The van der Waals surface area contributed by atoms with Crippen molar-refractivity contribution in [1.82, 2.24) is 10.2 Å². The molecule has 3 rings (SSSR count). The molecular weight excluding hydrogens is 505 g/mol. The molecule has 1 saturated carbocycles. The molecule has 2 amide bonds. The molecule has 0 heterocycles. The molecule has 1 aliphatic carbocycles. The monoisotopic (exact) mass is 537 g/mol. The minimum atomic E-state index is -3.58. The van der Waals surface area contributed by atoms with Gasteiger partial charge in [-0.05, 0) is 68.1 Å². The van der Waals surface area contributed by atoms with Crippen LogP contribution in [-0.2, 0) is 26.2 Å². The van der Waals surface area contributed by atoms with Gasteiger partial charge in [0.15, 0.2) is 0 Å². The van der Waals surface area contributed by atoms with E-state index in [-0.39, 0.29) is 49.6 Å². The highest BCUT2D eigenvalue weighted by Crippen LogP contribution is 2.22. The maximum Gasteiger partial charge on any atom is 0.242 e. The van der Waals surface area contributed by atoms with E-state index < -0.39 is 16.1 Å². The number of anilines is 1. The van der Waals surface area contributed by atoms with Crippen molar-refractivity contribution in [3.05, 3.63) is 64.9 Å².